The van der Waals surface area contributed by atoms with Gasteiger partial charge in [-0.25, -0.2) is 9.18 Å². The molecule has 0 radical (unpaired) electrons. The number of benzene rings is 1. The van der Waals surface area contributed by atoms with E-state index in [1.807, 2.05) is 0 Å². The Balaban J connectivity index is 1.63. The summed E-state index contributed by atoms with van der Waals surface area (Å²) in [6, 6.07) is 5.84. The molecule has 1 saturated heterocycles. The first-order valence-electron chi connectivity index (χ1n) is 7.73. The molecule has 1 aliphatic heterocycles. The van der Waals surface area contributed by atoms with Crippen molar-refractivity contribution in [3.8, 4) is 11.3 Å². The van der Waals surface area contributed by atoms with Crippen molar-refractivity contribution in [3.05, 3.63) is 40.2 Å². The van der Waals surface area contributed by atoms with Gasteiger partial charge in [-0.05, 0) is 40.2 Å². The van der Waals surface area contributed by atoms with Crippen LogP contribution in [0.5, 0.6) is 0 Å². The highest BCUT2D eigenvalue weighted by Crippen LogP contribution is 2.29. The first kappa shape index (κ1) is 17.6. The number of ether oxygens (including phenoxy) is 1. The SMILES string of the molecule is O=C(Cc1[nH]nc(-c2ccc(F)cc2)c1Br)OC(=O)N1CCNCC1. The minimum absolute atomic E-state index is 0.132. The topological polar surface area (TPSA) is 87.3 Å². The van der Waals surface area contributed by atoms with E-state index in [4.69, 9.17) is 4.74 Å². The molecule has 0 atom stereocenters. The minimum atomic E-state index is -0.668. The lowest BCUT2D eigenvalue weighted by Gasteiger charge is -2.25. The monoisotopic (exact) mass is 410 g/mol. The number of nitrogens with one attached hydrogen (secondary N) is 2. The lowest BCUT2D eigenvalue weighted by atomic mass is 10.1. The molecule has 1 aromatic heterocycles. The lowest BCUT2D eigenvalue weighted by Crippen LogP contribution is -2.47. The van der Waals surface area contributed by atoms with Gasteiger partial charge in [-0.2, -0.15) is 5.10 Å². The van der Waals surface area contributed by atoms with E-state index in [2.05, 4.69) is 31.4 Å². The Morgan fingerprint density at radius 2 is 1.92 bits per heavy atom. The molecule has 2 N–H and O–H groups in total. The van der Waals surface area contributed by atoms with Gasteiger partial charge in [0.15, 0.2) is 0 Å². The molecule has 0 bridgehead atoms. The van der Waals surface area contributed by atoms with Crippen LogP contribution in [0.4, 0.5) is 9.18 Å². The third-order valence-corrected chi connectivity index (χ3v) is 4.64. The Hall–Kier alpha value is -2.26. The molecular weight excluding hydrogens is 395 g/mol. The van der Waals surface area contributed by atoms with Crippen molar-refractivity contribution in [3.63, 3.8) is 0 Å². The molecule has 1 aromatic carbocycles. The van der Waals surface area contributed by atoms with Crippen molar-refractivity contribution in [2.24, 2.45) is 0 Å². The van der Waals surface area contributed by atoms with E-state index in [1.54, 1.807) is 12.1 Å². The maximum atomic E-state index is 13.0. The fraction of sp³-hybridized carbons (Fsp3) is 0.312. The Kier molecular flexibility index (Phi) is 5.44. The highest BCUT2D eigenvalue weighted by molar-refractivity contribution is 9.10. The molecule has 2 heterocycles. The van der Waals surface area contributed by atoms with Gasteiger partial charge >= 0.3 is 12.1 Å². The van der Waals surface area contributed by atoms with Crippen molar-refractivity contribution in [1.29, 1.82) is 0 Å². The van der Waals surface area contributed by atoms with Crippen LogP contribution in [0.3, 0.4) is 0 Å². The van der Waals surface area contributed by atoms with Crippen LogP contribution in [0.25, 0.3) is 11.3 Å². The minimum Gasteiger partial charge on any atom is -0.376 e. The summed E-state index contributed by atoms with van der Waals surface area (Å²) in [7, 11) is 0. The number of carbonyl (C=O) groups is 2. The number of piperazine rings is 1. The number of hydrogen-bond acceptors (Lipinski definition) is 5. The highest BCUT2D eigenvalue weighted by Gasteiger charge is 2.22. The van der Waals surface area contributed by atoms with Crippen molar-refractivity contribution in [2.45, 2.75) is 6.42 Å². The van der Waals surface area contributed by atoms with Gasteiger partial charge in [-0.15, -0.1) is 0 Å². The predicted molar refractivity (Wildman–Crippen MR) is 91.3 cm³/mol. The van der Waals surface area contributed by atoms with Gasteiger partial charge in [-0.3, -0.25) is 9.89 Å². The molecule has 7 nitrogen and oxygen atoms in total. The standard InChI is InChI=1S/C16H16BrFN4O3/c17-14-12(20-21-15(14)10-1-3-11(18)4-2-10)9-13(23)25-16(24)22-7-5-19-6-8-22/h1-4,19H,5-9H2,(H,20,21). The van der Waals surface area contributed by atoms with E-state index >= 15 is 0 Å². The summed E-state index contributed by atoms with van der Waals surface area (Å²) in [5, 5.41) is 9.99. The molecule has 9 heteroatoms. The van der Waals surface area contributed by atoms with Crippen LogP contribution in [-0.4, -0.2) is 53.3 Å². The Morgan fingerprint density at radius 1 is 1.24 bits per heavy atom. The molecule has 0 spiro atoms. The van der Waals surface area contributed by atoms with Gasteiger partial charge in [0.25, 0.3) is 0 Å². The number of esters is 1. The number of hydrogen-bond donors (Lipinski definition) is 2. The third kappa shape index (κ3) is 4.23. The van der Waals surface area contributed by atoms with Crippen LogP contribution in [0, 0.1) is 5.82 Å². The number of rotatable bonds is 3. The molecule has 0 unspecified atom stereocenters. The largest absolute Gasteiger partial charge is 0.417 e. The van der Waals surface area contributed by atoms with Crippen LogP contribution < -0.4 is 5.32 Å². The molecule has 1 aliphatic rings. The zero-order valence-electron chi connectivity index (χ0n) is 13.2. The number of aromatic nitrogens is 2. The second kappa shape index (κ2) is 7.75. The van der Waals surface area contributed by atoms with Crippen LogP contribution in [0.2, 0.25) is 0 Å². The van der Waals surface area contributed by atoms with Gasteiger partial charge < -0.3 is 15.0 Å². The van der Waals surface area contributed by atoms with E-state index in [-0.39, 0.29) is 12.2 Å². The summed E-state index contributed by atoms with van der Waals surface area (Å²) in [5.41, 5.74) is 1.73. The Labute approximate surface area is 151 Å². The van der Waals surface area contributed by atoms with Crippen LogP contribution in [0.1, 0.15) is 5.69 Å². The van der Waals surface area contributed by atoms with Gasteiger partial charge in [0, 0.05) is 31.7 Å². The first-order valence-corrected chi connectivity index (χ1v) is 8.53. The van der Waals surface area contributed by atoms with Gasteiger partial charge in [-0.1, -0.05) is 0 Å². The predicted octanol–water partition coefficient (Wildman–Crippen LogP) is 2.09. The molecular formula is C16H16BrFN4O3. The van der Waals surface area contributed by atoms with Crippen LogP contribution in [-0.2, 0) is 16.0 Å². The molecule has 25 heavy (non-hydrogen) atoms. The summed E-state index contributed by atoms with van der Waals surface area (Å²) in [6.45, 7) is 2.37. The normalized spacial score (nSPS) is 14.4. The fourth-order valence-corrected chi connectivity index (χ4v) is 3.02. The summed E-state index contributed by atoms with van der Waals surface area (Å²) >= 11 is 3.38. The van der Waals surface area contributed by atoms with Crippen LogP contribution >= 0.6 is 15.9 Å². The van der Waals surface area contributed by atoms with Gasteiger partial charge in [0.2, 0.25) is 0 Å². The molecule has 0 aliphatic carbocycles. The zero-order chi connectivity index (χ0) is 17.8. The van der Waals surface area contributed by atoms with Crippen molar-refractivity contribution in [1.82, 2.24) is 20.4 Å². The zero-order valence-corrected chi connectivity index (χ0v) is 14.8. The van der Waals surface area contributed by atoms with E-state index in [9.17, 15) is 14.0 Å². The second-order valence-electron chi connectivity index (χ2n) is 5.53. The smallest absolute Gasteiger partial charge is 0.376 e. The van der Waals surface area contributed by atoms with E-state index in [0.717, 1.165) is 0 Å². The maximum absolute atomic E-state index is 13.0. The van der Waals surface area contributed by atoms with Gasteiger partial charge in [0.1, 0.15) is 11.5 Å². The Morgan fingerprint density at radius 3 is 2.60 bits per heavy atom. The lowest BCUT2D eigenvalue weighted by molar-refractivity contribution is -0.137. The quantitative estimate of drug-likeness (QED) is 0.597. The van der Waals surface area contributed by atoms with Crippen molar-refractivity contribution >= 4 is 28.0 Å². The molecule has 2 aromatic rings. The van der Waals surface area contributed by atoms with E-state index in [1.165, 1.54) is 17.0 Å². The number of carbonyl (C=O) groups excluding carboxylic acids is 2. The summed E-state index contributed by atoms with van der Waals surface area (Å²) in [6.07, 6.45) is -0.770. The molecule has 1 amide bonds. The molecule has 0 saturated carbocycles. The summed E-state index contributed by atoms with van der Waals surface area (Å²) < 4.78 is 18.5. The van der Waals surface area contributed by atoms with Crippen molar-refractivity contribution in [2.75, 3.05) is 26.2 Å². The molecule has 1 fully saturated rings. The van der Waals surface area contributed by atoms with Gasteiger partial charge in [0.05, 0.1) is 16.6 Å². The highest BCUT2D eigenvalue weighted by atomic mass is 79.9. The molecule has 132 valence electrons. The average Bonchev–Trinajstić information content (AvgIpc) is 2.97. The number of nitrogens with zero attached hydrogens (tertiary/aromatic N) is 2. The Bertz CT molecular complexity index is 772. The number of amides is 1. The second-order valence-corrected chi connectivity index (χ2v) is 6.32. The average molecular weight is 411 g/mol. The van der Waals surface area contributed by atoms with E-state index in [0.29, 0.717) is 47.6 Å². The van der Waals surface area contributed by atoms with Crippen molar-refractivity contribution < 1.29 is 18.7 Å². The third-order valence-electron chi connectivity index (χ3n) is 3.79. The molecule has 3 rings (SSSR count). The number of aromatic amines is 1. The summed E-state index contributed by atoms with van der Waals surface area (Å²) in [4.78, 5) is 25.4. The number of H-pyrrole nitrogens is 1. The fourth-order valence-electron chi connectivity index (χ4n) is 2.47. The maximum Gasteiger partial charge on any atom is 0.417 e. The first-order chi connectivity index (χ1) is 12.0. The van der Waals surface area contributed by atoms with E-state index < -0.39 is 12.1 Å². The summed E-state index contributed by atoms with van der Waals surface area (Å²) in [5.74, 6) is -1.01. The number of halogens is 2. The van der Waals surface area contributed by atoms with Crippen LogP contribution in [0.15, 0.2) is 28.7 Å².